The quantitative estimate of drug-likeness (QED) is 0.883. The molecule has 0 saturated carbocycles. The molecule has 4 nitrogen and oxygen atoms in total. The maximum atomic E-state index is 12.5. The van der Waals surface area contributed by atoms with Crippen LogP contribution < -0.4 is 5.32 Å². The third-order valence-electron chi connectivity index (χ3n) is 4.20. The van der Waals surface area contributed by atoms with Crippen molar-refractivity contribution in [1.29, 1.82) is 0 Å². The van der Waals surface area contributed by atoms with E-state index < -0.39 is 0 Å². The van der Waals surface area contributed by atoms with Crippen LogP contribution in [-0.4, -0.2) is 61.0 Å². The van der Waals surface area contributed by atoms with Crippen LogP contribution in [0, 0.1) is 6.92 Å². The summed E-state index contributed by atoms with van der Waals surface area (Å²) in [5, 5.41) is 7.42. The van der Waals surface area contributed by atoms with Crippen LogP contribution in [0.25, 0.3) is 0 Å². The number of rotatable bonds is 2. The highest BCUT2D eigenvalue weighted by molar-refractivity contribution is 7.08. The summed E-state index contributed by atoms with van der Waals surface area (Å²) >= 11 is 1.62. The molecule has 3 rings (SSSR count). The number of carbonyl (C=O) groups excluding carboxylic acids is 1. The van der Waals surface area contributed by atoms with Gasteiger partial charge >= 0.3 is 0 Å². The molecular weight excluding hydrogens is 258 g/mol. The maximum absolute atomic E-state index is 12.5. The van der Waals surface area contributed by atoms with E-state index in [9.17, 15) is 4.79 Å². The van der Waals surface area contributed by atoms with Gasteiger partial charge in [-0.3, -0.25) is 9.69 Å². The first-order valence-electron chi connectivity index (χ1n) is 7.02. The van der Waals surface area contributed by atoms with Gasteiger partial charge < -0.3 is 10.2 Å². The van der Waals surface area contributed by atoms with E-state index in [-0.39, 0.29) is 5.91 Å². The number of hydrogen-bond acceptors (Lipinski definition) is 4. The summed E-state index contributed by atoms with van der Waals surface area (Å²) in [6, 6.07) is 0.560. The number of amides is 1. The van der Waals surface area contributed by atoms with Crippen LogP contribution in [0.5, 0.6) is 0 Å². The highest BCUT2D eigenvalue weighted by Gasteiger charge is 2.31. The summed E-state index contributed by atoms with van der Waals surface area (Å²) in [4.78, 5) is 17.0. The zero-order chi connectivity index (χ0) is 13.2. The molecule has 1 aromatic rings. The predicted molar refractivity (Wildman–Crippen MR) is 77.8 cm³/mol. The molecule has 2 aliphatic rings. The van der Waals surface area contributed by atoms with Crippen LogP contribution in [0.15, 0.2) is 10.8 Å². The largest absolute Gasteiger partial charge is 0.337 e. The van der Waals surface area contributed by atoms with E-state index in [2.05, 4.69) is 15.6 Å². The fourth-order valence-electron chi connectivity index (χ4n) is 3.02. The molecule has 1 unspecified atom stereocenters. The van der Waals surface area contributed by atoms with Crippen LogP contribution >= 0.6 is 11.3 Å². The zero-order valence-electron chi connectivity index (χ0n) is 11.4. The molecule has 1 aromatic heterocycles. The molecule has 3 heterocycles. The predicted octanol–water partition coefficient (Wildman–Crippen LogP) is 1.18. The third kappa shape index (κ3) is 2.68. The smallest absolute Gasteiger partial charge is 0.255 e. The summed E-state index contributed by atoms with van der Waals surface area (Å²) < 4.78 is 0. The number of hydrogen-bond donors (Lipinski definition) is 1. The van der Waals surface area contributed by atoms with E-state index in [1.807, 2.05) is 17.2 Å². The fourth-order valence-corrected chi connectivity index (χ4v) is 3.84. The number of likely N-dealkylation sites (tertiary alicyclic amines) is 1. The van der Waals surface area contributed by atoms with Crippen molar-refractivity contribution in [3.05, 3.63) is 21.9 Å². The first kappa shape index (κ1) is 13.1. The number of piperazine rings is 1. The molecule has 0 aliphatic carbocycles. The number of carbonyl (C=O) groups is 1. The molecule has 1 amide bonds. The second-order valence-electron chi connectivity index (χ2n) is 5.45. The molecule has 5 heteroatoms. The van der Waals surface area contributed by atoms with Gasteiger partial charge in [0.15, 0.2) is 0 Å². The molecule has 2 fully saturated rings. The topological polar surface area (TPSA) is 35.6 Å². The first-order valence-corrected chi connectivity index (χ1v) is 7.97. The van der Waals surface area contributed by atoms with Gasteiger partial charge in [-0.2, -0.15) is 11.3 Å². The molecule has 0 radical (unpaired) electrons. The Morgan fingerprint density at radius 1 is 1.32 bits per heavy atom. The zero-order valence-corrected chi connectivity index (χ0v) is 12.2. The Kier molecular flexibility index (Phi) is 3.86. The lowest BCUT2D eigenvalue weighted by Crippen LogP contribution is -2.49. The van der Waals surface area contributed by atoms with Crippen molar-refractivity contribution in [2.45, 2.75) is 19.4 Å². The molecule has 19 heavy (non-hydrogen) atoms. The van der Waals surface area contributed by atoms with E-state index in [0.717, 1.165) is 56.8 Å². The summed E-state index contributed by atoms with van der Waals surface area (Å²) in [6.45, 7) is 8.21. The molecule has 104 valence electrons. The van der Waals surface area contributed by atoms with E-state index in [1.165, 1.54) is 0 Å². The van der Waals surface area contributed by atoms with Gasteiger partial charge in [-0.1, -0.05) is 0 Å². The summed E-state index contributed by atoms with van der Waals surface area (Å²) in [5.41, 5.74) is 2.01. The number of aryl methyl sites for hydroxylation is 1. The average Bonchev–Trinajstić information content (AvgIpc) is 3.08. The monoisotopic (exact) mass is 279 g/mol. The van der Waals surface area contributed by atoms with Crippen molar-refractivity contribution >= 4 is 17.2 Å². The van der Waals surface area contributed by atoms with Gasteiger partial charge in [-0.15, -0.1) is 0 Å². The van der Waals surface area contributed by atoms with E-state index in [0.29, 0.717) is 6.04 Å². The Bertz CT molecular complexity index is 453. The van der Waals surface area contributed by atoms with Gasteiger partial charge in [0.1, 0.15) is 0 Å². The van der Waals surface area contributed by atoms with Crippen molar-refractivity contribution in [3.8, 4) is 0 Å². The minimum atomic E-state index is 0.219. The van der Waals surface area contributed by atoms with Crippen molar-refractivity contribution in [2.75, 3.05) is 39.3 Å². The standard InChI is InChI=1S/C14H21N3OS/c1-11-9-19-10-13(11)14(18)17-5-2-12(8-17)16-6-3-15-4-7-16/h9-10,12,15H,2-8H2,1H3. The Morgan fingerprint density at radius 3 is 2.79 bits per heavy atom. The lowest BCUT2D eigenvalue weighted by atomic mass is 10.2. The average molecular weight is 279 g/mol. The maximum Gasteiger partial charge on any atom is 0.255 e. The van der Waals surface area contributed by atoms with Gasteiger partial charge in [0.25, 0.3) is 5.91 Å². The Morgan fingerprint density at radius 2 is 2.11 bits per heavy atom. The van der Waals surface area contributed by atoms with Crippen LogP contribution in [0.1, 0.15) is 22.3 Å². The minimum Gasteiger partial charge on any atom is -0.337 e. The van der Waals surface area contributed by atoms with Crippen LogP contribution in [0.4, 0.5) is 0 Å². The van der Waals surface area contributed by atoms with Gasteiger partial charge in [-0.05, 0) is 24.3 Å². The molecule has 0 spiro atoms. The SMILES string of the molecule is Cc1cscc1C(=O)N1CCC(N2CCNCC2)C1. The summed E-state index contributed by atoms with van der Waals surface area (Å²) in [7, 11) is 0. The highest BCUT2D eigenvalue weighted by atomic mass is 32.1. The first-order chi connectivity index (χ1) is 9.25. The Balaban J connectivity index is 1.62. The molecule has 1 N–H and O–H groups in total. The number of nitrogens with zero attached hydrogens (tertiary/aromatic N) is 2. The van der Waals surface area contributed by atoms with Gasteiger partial charge in [0, 0.05) is 50.7 Å². The Labute approximate surface area is 118 Å². The lowest BCUT2D eigenvalue weighted by Gasteiger charge is -2.32. The lowest BCUT2D eigenvalue weighted by molar-refractivity contribution is 0.0773. The van der Waals surface area contributed by atoms with Crippen LogP contribution in [0.3, 0.4) is 0 Å². The summed E-state index contributed by atoms with van der Waals surface area (Å²) in [5.74, 6) is 0.219. The second kappa shape index (κ2) is 5.61. The van der Waals surface area contributed by atoms with E-state index in [1.54, 1.807) is 11.3 Å². The third-order valence-corrected chi connectivity index (χ3v) is 5.07. The van der Waals surface area contributed by atoms with E-state index in [4.69, 9.17) is 0 Å². The molecule has 0 bridgehead atoms. The number of nitrogens with one attached hydrogen (secondary N) is 1. The number of thiophene rings is 1. The normalized spacial score (nSPS) is 24.9. The molecular formula is C14H21N3OS. The van der Waals surface area contributed by atoms with Crippen LogP contribution in [0.2, 0.25) is 0 Å². The molecule has 1 atom stereocenters. The van der Waals surface area contributed by atoms with Crippen LogP contribution in [-0.2, 0) is 0 Å². The molecule has 2 aliphatic heterocycles. The Hall–Kier alpha value is -0.910. The van der Waals surface area contributed by atoms with E-state index >= 15 is 0 Å². The van der Waals surface area contributed by atoms with Crippen molar-refractivity contribution < 1.29 is 4.79 Å². The van der Waals surface area contributed by atoms with Crippen molar-refractivity contribution in [1.82, 2.24) is 15.1 Å². The van der Waals surface area contributed by atoms with Gasteiger partial charge in [0.2, 0.25) is 0 Å². The highest BCUT2D eigenvalue weighted by Crippen LogP contribution is 2.21. The minimum absolute atomic E-state index is 0.219. The fraction of sp³-hybridized carbons (Fsp3) is 0.643. The summed E-state index contributed by atoms with van der Waals surface area (Å²) in [6.07, 6.45) is 1.12. The van der Waals surface area contributed by atoms with Gasteiger partial charge in [0.05, 0.1) is 5.56 Å². The van der Waals surface area contributed by atoms with Gasteiger partial charge in [-0.25, -0.2) is 0 Å². The molecule has 2 saturated heterocycles. The van der Waals surface area contributed by atoms with Crippen molar-refractivity contribution in [3.63, 3.8) is 0 Å². The second-order valence-corrected chi connectivity index (χ2v) is 6.19. The van der Waals surface area contributed by atoms with Crippen molar-refractivity contribution in [2.24, 2.45) is 0 Å². The molecule has 0 aromatic carbocycles.